The van der Waals surface area contributed by atoms with E-state index in [1.165, 1.54) is 6.20 Å². The number of hydrogen-bond donors (Lipinski definition) is 5. The van der Waals surface area contributed by atoms with Crippen molar-refractivity contribution >= 4 is 46.4 Å². The molecule has 7 N–H and O–H groups in total. The quantitative estimate of drug-likeness (QED) is 0.349. The molecule has 0 saturated carbocycles. The summed E-state index contributed by atoms with van der Waals surface area (Å²) in [6.45, 7) is 3.16. The summed E-state index contributed by atoms with van der Waals surface area (Å²) >= 11 is 5.06. The second kappa shape index (κ2) is 7.41. The number of nitrogens with one attached hydrogen (secondary N) is 3. The van der Waals surface area contributed by atoms with Crippen molar-refractivity contribution < 1.29 is 9.59 Å². The molecule has 1 rings (SSSR count). The predicted octanol–water partition coefficient (Wildman–Crippen LogP) is 0.0303. The van der Waals surface area contributed by atoms with Gasteiger partial charge in [0.05, 0.1) is 11.2 Å². The SMILES string of the molecule is CC(=N)CC(=S)Nc1nc(NC(C)C(N)=O)cnc1C(N)=O. The van der Waals surface area contributed by atoms with Crippen LogP contribution in [0.2, 0.25) is 0 Å². The number of thiocarbonyl (C=S) groups is 1. The van der Waals surface area contributed by atoms with Crippen molar-refractivity contribution in [1.82, 2.24) is 9.97 Å². The van der Waals surface area contributed by atoms with Crippen molar-refractivity contribution in [3.05, 3.63) is 11.9 Å². The van der Waals surface area contributed by atoms with Crippen LogP contribution in [-0.2, 0) is 4.79 Å². The molecule has 22 heavy (non-hydrogen) atoms. The zero-order valence-corrected chi connectivity index (χ0v) is 13.0. The van der Waals surface area contributed by atoms with Gasteiger partial charge in [-0.05, 0) is 13.8 Å². The lowest BCUT2D eigenvalue weighted by Crippen LogP contribution is -2.33. The summed E-state index contributed by atoms with van der Waals surface area (Å²) in [7, 11) is 0. The van der Waals surface area contributed by atoms with Crippen LogP contribution in [0.3, 0.4) is 0 Å². The molecule has 1 aromatic rings. The fourth-order valence-electron chi connectivity index (χ4n) is 1.44. The molecular weight excluding hydrogens is 306 g/mol. The summed E-state index contributed by atoms with van der Waals surface area (Å²) in [5.41, 5.74) is 10.6. The highest BCUT2D eigenvalue weighted by Gasteiger charge is 2.16. The second-order valence-electron chi connectivity index (χ2n) is 4.59. The number of amides is 2. The van der Waals surface area contributed by atoms with Gasteiger partial charge in [-0.25, -0.2) is 9.97 Å². The van der Waals surface area contributed by atoms with E-state index < -0.39 is 17.9 Å². The minimum Gasteiger partial charge on any atom is -0.368 e. The molecule has 0 spiro atoms. The van der Waals surface area contributed by atoms with Crippen LogP contribution in [0.25, 0.3) is 0 Å². The molecule has 0 radical (unpaired) electrons. The summed E-state index contributed by atoms with van der Waals surface area (Å²) in [5.74, 6) is -1.06. The Morgan fingerprint density at radius 1 is 1.45 bits per heavy atom. The van der Waals surface area contributed by atoms with E-state index in [2.05, 4.69) is 20.6 Å². The maximum Gasteiger partial charge on any atom is 0.271 e. The monoisotopic (exact) mass is 323 g/mol. The van der Waals surface area contributed by atoms with Gasteiger partial charge in [-0.2, -0.15) is 0 Å². The molecule has 0 saturated heterocycles. The van der Waals surface area contributed by atoms with Crippen LogP contribution < -0.4 is 22.1 Å². The average Bonchev–Trinajstić information content (AvgIpc) is 2.37. The lowest BCUT2D eigenvalue weighted by molar-refractivity contribution is -0.118. The van der Waals surface area contributed by atoms with Crippen LogP contribution >= 0.6 is 12.2 Å². The Hall–Kier alpha value is -2.62. The second-order valence-corrected chi connectivity index (χ2v) is 5.08. The first-order chi connectivity index (χ1) is 10.2. The first-order valence-corrected chi connectivity index (χ1v) is 6.68. The number of rotatable bonds is 7. The van der Waals surface area contributed by atoms with Crippen LogP contribution in [0, 0.1) is 5.41 Å². The largest absolute Gasteiger partial charge is 0.368 e. The van der Waals surface area contributed by atoms with Gasteiger partial charge < -0.3 is 27.5 Å². The van der Waals surface area contributed by atoms with Crippen LogP contribution in [-0.4, -0.2) is 38.5 Å². The molecule has 0 aromatic carbocycles. The predicted molar refractivity (Wildman–Crippen MR) is 87.1 cm³/mol. The van der Waals surface area contributed by atoms with Crippen LogP contribution in [0.4, 0.5) is 11.6 Å². The topological polar surface area (TPSA) is 160 Å². The van der Waals surface area contributed by atoms with Gasteiger partial charge in [-0.1, -0.05) is 12.2 Å². The molecule has 0 fully saturated rings. The molecule has 0 aliphatic rings. The first kappa shape index (κ1) is 17.4. The third-order valence-corrected chi connectivity index (χ3v) is 2.73. The maximum absolute atomic E-state index is 11.4. The Morgan fingerprint density at radius 3 is 2.59 bits per heavy atom. The molecular formula is C12H17N7O2S. The van der Waals surface area contributed by atoms with Crippen LogP contribution in [0.1, 0.15) is 30.8 Å². The van der Waals surface area contributed by atoms with E-state index in [4.69, 9.17) is 29.1 Å². The molecule has 9 nitrogen and oxygen atoms in total. The molecule has 0 bridgehead atoms. The van der Waals surface area contributed by atoms with Gasteiger partial charge >= 0.3 is 0 Å². The lowest BCUT2D eigenvalue weighted by Gasteiger charge is -2.14. The van der Waals surface area contributed by atoms with Crippen molar-refractivity contribution in [2.75, 3.05) is 10.6 Å². The van der Waals surface area contributed by atoms with Crippen molar-refractivity contribution in [3.63, 3.8) is 0 Å². The number of primary amides is 2. The van der Waals surface area contributed by atoms with E-state index in [-0.39, 0.29) is 23.8 Å². The third kappa shape index (κ3) is 5.05. The minimum atomic E-state index is -0.779. The van der Waals surface area contributed by atoms with E-state index >= 15 is 0 Å². The van der Waals surface area contributed by atoms with Gasteiger partial charge in [0, 0.05) is 12.1 Å². The van der Waals surface area contributed by atoms with Crippen molar-refractivity contribution in [2.24, 2.45) is 11.5 Å². The summed E-state index contributed by atoms with van der Waals surface area (Å²) < 4.78 is 0. The normalized spacial score (nSPS) is 11.4. The molecule has 1 heterocycles. The molecule has 1 aromatic heterocycles. The first-order valence-electron chi connectivity index (χ1n) is 6.27. The van der Waals surface area contributed by atoms with E-state index in [0.717, 1.165) is 0 Å². The lowest BCUT2D eigenvalue weighted by atomic mass is 10.3. The van der Waals surface area contributed by atoms with Gasteiger partial charge in [0.25, 0.3) is 5.91 Å². The standard InChI is InChI=1S/C12H17N7O2S/c1-5(13)3-8(22)19-12-9(11(15)21)16-4-7(18-12)17-6(2)10(14)20/h4,6,13H,3H2,1-2H3,(H2,14,20)(H2,15,21)(H2,17,18,19,22). The molecule has 10 heteroatoms. The fraction of sp³-hybridized carbons (Fsp3) is 0.333. The van der Waals surface area contributed by atoms with Gasteiger partial charge in [0.1, 0.15) is 11.9 Å². The molecule has 1 atom stereocenters. The van der Waals surface area contributed by atoms with Crippen molar-refractivity contribution in [3.8, 4) is 0 Å². The number of hydrogen-bond acceptors (Lipinski definition) is 7. The summed E-state index contributed by atoms with van der Waals surface area (Å²) in [5, 5.41) is 12.9. The molecule has 0 aliphatic carbocycles. The Morgan fingerprint density at radius 2 is 2.09 bits per heavy atom. The van der Waals surface area contributed by atoms with Gasteiger partial charge in [0.2, 0.25) is 5.91 Å². The highest BCUT2D eigenvalue weighted by atomic mass is 32.1. The summed E-state index contributed by atoms with van der Waals surface area (Å²) in [6, 6.07) is -0.669. The summed E-state index contributed by atoms with van der Waals surface area (Å²) in [4.78, 5) is 30.7. The fourth-order valence-corrected chi connectivity index (χ4v) is 1.75. The van der Waals surface area contributed by atoms with E-state index in [0.29, 0.717) is 10.7 Å². The zero-order valence-electron chi connectivity index (χ0n) is 12.1. The highest BCUT2D eigenvalue weighted by molar-refractivity contribution is 7.80. The van der Waals surface area contributed by atoms with Crippen molar-refractivity contribution in [1.29, 1.82) is 5.41 Å². The average molecular weight is 323 g/mol. The zero-order chi connectivity index (χ0) is 16.9. The molecule has 2 amide bonds. The minimum absolute atomic E-state index is 0.0559. The maximum atomic E-state index is 11.4. The molecule has 0 aliphatic heterocycles. The van der Waals surface area contributed by atoms with Gasteiger partial charge in [-0.3, -0.25) is 9.59 Å². The number of nitrogens with two attached hydrogens (primary N) is 2. The van der Waals surface area contributed by atoms with Gasteiger partial charge in [-0.15, -0.1) is 0 Å². The van der Waals surface area contributed by atoms with Crippen LogP contribution in [0.5, 0.6) is 0 Å². The number of aromatic nitrogens is 2. The van der Waals surface area contributed by atoms with Crippen molar-refractivity contribution in [2.45, 2.75) is 26.3 Å². The Bertz CT molecular complexity index is 632. The van der Waals surface area contributed by atoms with Crippen LogP contribution in [0.15, 0.2) is 6.20 Å². The smallest absolute Gasteiger partial charge is 0.271 e. The number of carbonyl (C=O) groups is 2. The Balaban J connectivity index is 3.04. The van der Waals surface area contributed by atoms with E-state index in [1.54, 1.807) is 13.8 Å². The number of carbonyl (C=O) groups excluding carboxylic acids is 2. The van der Waals surface area contributed by atoms with Gasteiger partial charge in [0.15, 0.2) is 11.5 Å². The molecule has 1 unspecified atom stereocenters. The number of anilines is 2. The third-order valence-electron chi connectivity index (χ3n) is 2.48. The number of nitrogens with zero attached hydrogens (tertiary/aromatic N) is 2. The Labute approximate surface area is 132 Å². The summed E-state index contributed by atoms with van der Waals surface area (Å²) in [6.07, 6.45) is 1.47. The van der Waals surface area contributed by atoms with E-state index in [9.17, 15) is 9.59 Å². The van der Waals surface area contributed by atoms with E-state index in [1.807, 2.05) is 0 Å². The Kier molecular flexibility index (Phi) is 5.87. The molecule has 118 valence electrons. The highest BCUT2D eigenvalue weighted by Crippen LogP contribution is 2.14.